The number of hydrogen-bond donors (Lipinski definition) is 1. The molecular formula is C25H30N6O5. The number of ether oxygens (including phenoxy) is 2. The fourth-order valence-corrected chi connectivity index (χ4v) is 4.70. The summed E-state index contributed by atoms with van der Waals surface area (Å²) in [4.78, 5) is 29.7. The second-order valence-corrected chi connectivity index (χ2v) is 9.18. The molecule has 0 spiro atoms. The molecule has 0 bridgehead atoms. The van der Waals surface area contributed by atoms with Crippen molar-refractivity contribution in [3.05, 3.63) is 41.7 Å². The van der Waals surface area contributed by atoms with Crippen LogP contribution in [0.25, 0.3) is 11.6 Å². The van der Waals surface area contributed by atoms with Crippen LogP contribution in [0.15, 0.2) is 34.7 Å². The van der Waals surface area contributed by atoms with Crippen molar-refractivity contribution in [2.45, 2.75) is 71.1 Å². The molecule has 1 aliphatic carbocycles. The van der Waals surface area contributed by atoms with Gasteiger partial charge in [-0.25, -0.2) is 0 Å². The summed E-state index contributed by atoms with van der Waals surface area (Å²) < 4.78 is 16.5. The highest BCUT2D eigenvalue weighted by molar-refractivity contribution is 5.87. The van der Waals surface area contributed by atoms with Crippen molar-refractivity contribution in [1.82, 2.24) is 30.4 Å². The highest BCUT2D eigenvalue weighted by Gasteiger charge is 2.31. The Bertz CT molecular complexity index is 1230. The van der Waals surface area contributed by atoms with Crippen LogP contribution in [-0.4, -0.2) is 55.8 Å². The fraction of sp³-hybridized carbons (Fsp3) is 0.480. The third-order valence-corrected chi connectivity index (χ3v) is 6.57. The molecule has 0 saturated heterocycles. The van der Waals surface area contributed by atoms with Crippen molar-refractivity contribution in [2.75, 3.05) is 6.79 Å². The maximum absolute atomic E-state index is 13.6. The summed E-state index contributed by atoms with van der Waals surface area (Å²) in [5.41, 5.74) is 0.831. The summed E-state index contributed by atoms with van der Waals surface area (Å²) >= 11 is 0. The van der Waals surface area contributed by atoms with Crippen molar-refractivity contribution >= 4 is 11.8 Å². The van der Waals surface area contributed by atoms with Crippen molar-refractivity contribution in [3.63, 3.8) is 0 Å². The Morgan fingerprint density at radius 2 is 1.97 bits per heavy atom. The van der Waals surface area contributed by atoms with Crippen LogP contribution < -0.4 is 14.8 Å². The van der Waals surface area contributed by atoms with Gasteiger partial charge in [0.25, 0.3) is 0 Å². The van der Waals surface area contributed by atoms with Gasteiger partial charge in [0.1, 0.15) is 18.3 Å². The van der Waals surface area contributed by atoms with Gasteiger partial charge in [0.15, 0.2) is 17.3 Å². The van der Waals surface area contributed by atoms with E-state index in [0.29, 0.717) is 29.5 Å². The lowest BCUT2D eigenvalue weighted by Crippen LogP contribution is -2.51. The van der Waals surface area contributed by atoms with E-state index in [2.05, 4.69) is 20.7 Å². The molecule has 3 aromatic rings. The van der Waals surface area contributed by atoms with Gasteiger partial charge in [-0.3, -0.25) is 9.59 Å². The van der Waals surface area contributed by atoms with Gasteiger partial charge in [-0.2, -0.15) is 4.80 Å². The predicted octanol–water partition coefficient (Wildman–Crippen LogP) is 2.84. The van der Waals surface area contributed by atoms with Crippen LogP contribution >= 0.6 is 0 Å². The molecule has 1 aromatic carbocycles. The number of carbonyl (C=O) groups excluding carboxylic acids is 2. The van der Waals surface area contributed by atoms with Crippen LogP contribution in [0.2, 0.25) is 0 Å². The van der Waals surface area contributed by atoms with Gasteiger partial charge in [0.2, 0.25) is 24.4 Å². The second-order valence-electron chi connectivity index (χ2n) is 9.18. The van der Waals surface area contributed by atoms with E-state index in [9.17, 15) is 9.59 Å². The van der Waals surface area contributed by atoms with Gasteiger partial charge in [-0.15, -0.1) is 10.2 Å². The Morgan fingerprint density at radius 1 is 1.17 bits per heavy atom. The van der Waals surface area contributed by atoms with E-state index in [0.717, 1.165) is 37.0 Å². The molecule has 1 saturated carbocycles. The molecule has 11 heteroatoms. The fourth-order valence-electron chi connectivity index (χ4n) is 4.70. The van der Waals surface area contributed by atoms with E-state index in [-0.39, 0.29) is 37.7 Å². The topological polar surface area (TPSA) is 125 Å². The standard InChI is InChI=1S/C25H30N6O5/c1-3-19(25(33)26-18-6-4-5-7-18)30(13-17-9-11-20-22(12-17)35-15-34-20)23(32)14-31-28-24(27-29-31)21-10-8-16(2)36-21/h8-12,18-19H,3-7,13-15H2,1-2H3,(H,26,33). The van der Waals surface area contributed by atoms with Crippen LogP contribution in [0.5, 0.6) is 11.5 Å². The number of nitrogens with one attached hydrogen (secondary N) is 1. The quantitative estimate of drug-likeness (QED) is 0.482. The highest BCUT2D eigenvalue weighted by atomic mass is 16.7. The van der Waals surface area contributed by atoms with Crippen LogP contribution in [0, 0.1) is 6.92 Å². The molecule has 1 aliphatic heterocycles. The van der Waals surface area contributed by atoms with E-state index in [1.54, 1.807) is 11.0 Å². The highest BCUT2D eigenvalue weighted by Crippen LogP contribution is 2.33. The first-order valence-corrected chi connectivity index (χ1v) is 12.3. The average molecular weight is 495 g/mol. The number of carbonyl (C=O) groups is 2. The molecule has 1 unspecified atom stereocenters. The molecule has 36 heavy (non-hydrogen) atoms. The number of aryl methyl sites for hydroxylation is 1. The number of benzene rings is 1. The Morgan fingerprint density at radius 3 is 2.72 bits per heavy atom. The molecule has 2 aromatic heterocycles. The molecule has 2 aliphatic rings. The first-order chi connectivity index (χ1) is 17.5. The number of furan rings is 1. The van der Waals surface area contributed by atoms with E-state index < -0.39 is 6.04 Å². The Labute approximate surface area is 208 Å². The third-order valence-electron chi connectivity index (χ3n) is 6.57. The normalized spacial score (nSPS) is 15.7. The van der Waals surface area contributed by atoms with Gasteiger partial charge in [0, 0.05) is 12.6 Å². The number of nitrogens with zero attached hydrogens (tertiary/aromatic N) is 5. The third kappa shape index (κ3) is 5.19. The van der Waals surface area contributed by atoms with Gasteiger partial charge in [-0.1, -0.05) is 25.8 Å². The number of aromatic nitrogens is 4. The summed E-state index contributed by atoms with van der Waals surface area (Å²) in [6.07, 6.45) is 4.62. The number of fused-ring (bicyclic) bond motifs is 1. The lowest BCUT2D eigenvalue weighted by Gasteiger charge is -2.31. The lowest BCUT2D eigenvalue weighted by atomic mass is 10.1. The number of rotatable bonds is 9. The summed E-state index contributed by atoms with van der Waals surface area (Å²) in [6.45, 7) is 3.96. The maximum Gasteiger partial charge on any atom is 0.247 e. The second kappa shape index (κ2) is 10.4. The molecule has 190 valence electrons. The summed E-state index contributed by atoms with van der Waals surface area (Å²) in [5.74, 6) is 2.36. The van der Waals surface area contributed by atoms with Crippen molar-refractivity contribution in [2.24, 2.45) is 0 Å². The number of amides is 2. The number of tetrazole rings is 1. The van der Waals surface area contributed by atoms with Gasteiger partial charge >= 0.3 is 0 Å². The zero-order chi connectivity index (χ0) is 25.1. The lowest BCUT2D eigenvalue weighted by molar-refractivity contribution is -0.142. The molecule has 3 heterocycles. The van der Waals surface area contributed by atoms with Crippen molar-refractivity contribution < 1.29 is 23.5 Å². The van der Waals surface area contributed by atoms with E-state index in [1.807, 2.05) is 38.1 Å². The molecule has 11 nitrogen and oxygen atoms in total. The van der Waals surface area contributed by atoms with Crippen LogP contribution in [-0.2, 0) is 22.7 Å². The number of hydrogen-bond acceptors (Lipinski definition) is 8. The summed E-state index contributed by atoms with van der Waals surface area (Å²) in [6, 6.07) is 8.62. The molecule has 0 radical (unpaired) electrons. The molecular weight excluding hydrogens is 464 g/mol. The van der Waals surface area contributed by atoms with E-state index >= 15 is 0 Å². The first-order valence-electron chi connectivity index (χ1n) is 12.3. The Kier molecular flexibility index (Phi) is 6.88. The first kappa shape index (κ1) is 23.8. The summed E-state index contributed by atoms with van der Waals surface area (Å²) in [7, 11) is 0. The predicted molar refractivity (Wildman–Crippen MR) is 128 cm³/mol. The molecule has 5 rings (SSSR count). The van der Waals surface area contributed by atoms with E-state index in [1.165, 1.54) is 4.80 Å². The minimum Gasteiger partial charge on any atom is -0.458 e. The minimum absolute atomic E-state index is 0.142. The monoisotopic (exact) mass is 494 g/mol. The van der Waals surface area contributed by atoms with Gasteiger partial charge < -0.3 is 24.1 Å². The van der Waals surface area contributed by atoms with Crippen LogP contribution in [0.1, 0.15) is 50.4 Å². The van der Waals surface area contributed by atoms with E-state index in [4.69, 9.17) is 13.9 Å². The molecule has 1 N–H and O–H groups in total. The average Bonchev–Trinajstić information content (AvgIpc) is 3.66. The largest absolute Gasteiger partial charge is 0.458 e. The van der Waals surface area contributed by atoms with Crippen molar-refractivity contribution in [3.8, 4) is 23.1 Å². The van der Waals surface area contributed by atoms with Gasteiger partial charge in [0.05, 0.1) is 0 Å². The van der Waals surface area contributed by atoms with Crippen molar-refractivity contribution in [1.29, 1.82) is 0 Å². The van der Waals surface area contributed by atoms with Gasteiger partial charge in [-0.05, 0) is 61.2 Å². The smallest absolute Gasteiger partial charge is 0.247 e. The summed E-state index contributed by atoms with van der Waals surface area (Å²) in [5, 5.41) is 15.5. The Hall–Kier alpha value is -3.89. The zero-order valence-corrected chi connectivity index (χ0v) is 20.5. The Balaban J connectivity index is 1.36. The SMILES string of the molecule is CCC(C(=O)NC1CCCC1)N(Cc1ccc2c(c1)OCO2)C(=O)Cn1nnc(-c2ccc(C)o2)n1. The molecule has 2 amide bonds. The zero-order valence-electron chi connectivity index (χ0n) is 20.5. The maximum atomic E-state index is 13.6. The van der Waals surface area contributed by atoms with Crippen LogP contribution in [0.4, 0.5) is 0 Å². The molecule has 1 atom stereocenters. The molecule has 1 fully saturated rings. The minimum atomic E-state index is -0.640. The van der Waals surface area contributed by atoms with Crippen LogP contribution in [0.3, 0.4) is 0 Å².